The zero-order valence-corrected chi connectivity index (χ0v) is 12.1. The Hall–Kier alpha value is -0.870. The summed E-state index contributed by atoms with van der Waals surface area (Å²) in [5.74, 6) is 0.696. The lowest BCUT2D eigenvalue weighted by molar-refractivity contribution is 0.111. The molecule has 1 rings (SSSR count). The standard InChI is InChI=1S/C13H18BrNO2/c1-10-7-12(14)8-11(9-16)13(10)17-6-4-5-15(2)3/h7-9H,4-6H2,1-3H3. The van der Waals surface area contributed by atoms with Crippen molar-refractivity contribution in [3.05, 3.63) is 27.7 Å². The van der Waals surface area contributed by atoms with Crippen molar-refractivity contribution in [1.82, 2.24) is 4.90 Å². The smallest absolute Gasteiger partial charge is 0.153 e. The van der Waals surface area contributed by atoms with E-state index in [1.54, 1.807) is 6.07 Å². The van der Waals surface area contributed by atoms with Crippen LogP contribution in [0.25, 0.3) is 0 Å². The van der Waals surface area contributed by atoms with Gasteiger partial charge < -0.3 is 9.64 Å². The second-order valence-electron chi connectivity index (χ2n) is 4.26. The zero-order valence-electron chi connectivity index (χ0n) is 10.5. The third-order valence-corrected chi connectivity index (χ3v) is 2.85. The second-order valence-corrected chi connectivity index (χ2v) is 5.18. The predicted molar refractivity (Wildman–Crippen MR) is 72.9 cm³/mol. The molecular formula is C13H18BrNO2. The number of hydrogen-bond acceptors (Lipinski definition) is 3. The van der Waals surface area contributed by atoms with E-state index in [1.165, 1.54) is 0 Å². The number of nitrogens with zero attached hydrogens (tertiary/aromatic N) is 1. The first kappa shape index (κ1) is 14.2. The van der Waals surface area contributed by atoms with E-state index < -0.39 is 0 Å². The number of hydrogen-bond donors (Lipinski definition) is 0. The van der Waals surface area contributed by atoms with Crippen molar-refractivity contribution in [1.29, 1.82) is 0 Å². The summed E-state index contributed by atoms with van der Waals surface area (Å²) in [5, 5.41) is 0. The largest absolute Gasteiger partial charge is 0.493 e. The van der Waals surface area contributed by atoms with Crippen molar-refractivity contribution in [2.45, 2.75) is 13.3 Å². The monoisotopic (exact) mass is 299 g/mol. The Morgan fingerprint density at radius 1 is 1.41 bits per heavy atom. The summed E-state index contributed by atoms with van der Waals surface area (Å²) in [6.07, 6.45) is 1.78. The molecule has 0 unspecified atom stereocenters. The average Bonchev–Trinajstić information content (AvgIpc) is 2.25. The van der Waals surface area contributed by atoms with Crippen LogP contribution in [0.2, 0.25) is 0 Å². The molecule has 0 saturated heterocycles. The molecule has 0 heterocycles. The third kappa shape index (κ3) is 4.48. The van der Waals surface area contributed by atoms with Gasteiger partial charge in [-0.1, -0.05) is 15.9 Å². The van der Waals surface area contributed by atoms with Gasteiger partial charge >= 0.3 is 0 Å². The molecule has 0 aliphatic carbocycles. The lowest BCUT2D eigenvalue weighted by Crippen LogP contribution is -2.16. The number of aryl methyl sites for hydroxylation is 1. The maximum atomic E-state index is 11.0. The molecule has 0 aliphatic rings. The van der Waals surface area contributed by atoms with Crippen molar-refractivity contribution in [2.75, 3.05) is 27.2 Å². The van der Waals surface area contributed by atoms with Gasteiger partial charge in [0, 0.05) is 11.0 Å². The minimum absolute atomic E-state index is 0.599. The maximum Gasteiger partial charge on any atom is 0.153 e. The van der Waals surface area contributed by atoms with Crippen LogP contribution in [0.15, 0.2) is 16.6 Å². The normalized spacial score (nSPS) is 10.6. The van der Waals surface area contributed by atoms with E-state index >= 15 is 0 Å². The Kier molecular flexibility index (Phi) is 5.65. The lowest BCUT2D eigenvalue weighted by atomic mass is 10.1. The Labute approximate surface area is 111 Å². The fourth-order valence-electron chi connectivity index (χ4n) is 1.60. The first-order valence-corrected chi connectivity index (χ1v) is 6.36. The number of benzene rings is 1. The van der Waals surface area contributed by atoms with Gasteiger partial charge in [0.15, 0.2) is 6.29 Å². The van der Waals surface area contributed by atoms with Gasteiger partial charge in [-0.15, -0.1) is 0 Å². The van der Waals surface area contributed by atoms with Crippen molar-refractivity contribution < 1.29 is 9.53 Å². The second kappa shape index (κ2) is 6.77. The van der Waals surface area contributed by atoms with Crippen molar-refractivity contribution in [2.24, 2.45) is 0 Å². The molecule has 94 valence electrons. The number of ether oxygens (including phenoxy) is 1. The molecule has 0 fully saturated rings. The molecule has 0 saturated carbocycles. The average molecular weight is 300 g/mol. The van der Waals surface area contributed by atoms with Gasteiger partial charge in [0.25, 0.3) is 0 Å². The highest BCUT2D eigenvalue weighted by molar-refractivity contribution is 9.10. The van der Waals surface area contributed by atoms with Crippen LogP contribution in [0.1, 0.15) is 22.3 Å². The Balaban J connectivity index is 2.66. The molecule has 17 heavy (non-hydrogen) atoms. The summed E-state index contributed by atoms with van der Waals surface area (Å²) in [6.45, 7) is 3.55. The summed E-state index contributed by atoms with van der Waals surface area (Å²) >= 11 is 3.37. The van der Waals surface area contributed by atoms with Crippen LogP contribution < -0.4 is 4.74 Å². The van der Waals surface area contributed by atoms with Gasteiger partial charge in [0.2, 0.25) is 0 Å². The molecular weight excluding hydrogens is 282 g/mol. The minimum atomic E-state index is 0.599. The SMILES string of the molecule is Cc1cc(Br)cc(C=O)c1OCCCN(C)C. The Morgan fingerprint density at radius 3 is 2.71 bits per heavy atom. The number of rotatable bonds is 6. The van der Waals surface area contributed by atoms with E-state index in [1.807, 2.05) is 27.1 Å². The first-order valence-electron chi connectivity index (χ1n) is 5.57. The molecule has 0 aromatic heterocycles. The zero-order chi connectivity index (χ0) is 12.8. The summed E-state index contributed by atoms with van der Waals surface area (Å²) in [7, 11) is 4.06. The Morgan fingerprint density at radius 2 is 2.12 bits per heavy atom. The van der Waals surface area contributed by atoms with Gasteiger partial charge in [-0.05, 0) is 45.1 Å². The summed E-state index contributed by atoms with van der Waals surface area (Å²) in [6, 6.07) is 3.73. The number of carbonyl (C=O) groups excluding carboxylic acids is 1. The molecule has 0 N–H and O–H groups in total. The summed E-state index contributed by atoms with van der Waals surface area (Å²) in [4.78, 5) is 13.1. The van der Waals surface area contributed by atoms with E-state index in [0.29, 0.717) is 17.9 Å². The third-order valence-electron chi connectivity index (χ3n) is 2.39. The van der Waals surface area contributed by atoms with Gasteiger partial charge in [0.05, 0.1) is 12.2 Å². The van der Waals surface area contributed by atoms with Crippen molar-refractivity contribution >= 4 is 22.2 Å². The lowest BCUT2D eigenvalue weighted by Gasteiger charge is -2.13. The van der Waals surface area contributed by atoms with Crippen LogP contribution in [-0.4, -0.2) is 38.4 Å². The molecule has 4 heteroatoms. The van der Waals surface area contributed by atoms with Gasteiger partial charge in [0.1, 0.15) is 5.75 Å². The fourth-order valence-corrected chi connectivity index (χ4v) is 2.19. The van der Waals surface area contributed by atoms with Crippen LogP contribution in [0.4, 0.5) is 0 Å². The first-order chi connectivity index (χ1) is 8.04. The van der Waals surface area contributed by atoms with Crippen LogP contribution in [0.5, 0.6) is 5.75 Å². The van der Waals surface area contributed by atoms with Crippen molar-refractivity contribution in [3.8, 4) is 5.75 Å². The highest BCUT2D eigenvalue weighted by Gasteiger charge is 2.08. The highest BCUT2D eigenvalue weighted by Crippen LogP contribution is 2.26. The molecule has 0 spiro atoms. The van der Waals surface area contributed by atoms with E-state index in [4.69, 9.17) is 4.74 Å². The summed E-state index contributed by atoms with van der Waals surface area (Å²) in [5.41, 5.74) is 1.58. The molecule has 0 atom stereocenters. The maximum absolute atomic E-state index is 11.0. The van der Waals surface area contributed by atoms with Gasteiger partial charge in [-0.3, -0.25) is 4.79 Å². The molecule has 0 amide bonds. The number of carbonyl (C=O) groups is 1. The molecule has 0 aliphatic heterocycles. The van der Waals surface area contributed by atoms with Crippen LogP contribution in [0.3, 0.4) is 0 Å². The predicted octanol–water partition coefficient (Wildman–Crippen LogP) is 2.90. The molecule has 0 bridgehead atoms. The molecule has 0 radical (unpaired) electrons. The van der Waals surface area contributed by atoms with Gasteiger partial charge in [-0.2, -0.15) is 0 Å². The Bertz CT molecular complexity index is 391. The van der Waals surface area contributed by atoms with E-state index in [0.717, 1.165) is 29.3 Å². The molecule has 1 aromatic carbocycles. The van der Waals surface area contributed by atoms with Crippen molar-refractivity contribution in [3.63, 3.8) is 0 Å². The van der Waals surface area contributed by atoms with Crippen LogP contribution >= 0.6 is 15.9 Å². The minimum Gasteiger partial charge on any atom is -0.493 e. The van der Waals surface area contributed by atoms with E-state index in [-0.39, 0.29) is 0 Å². The van der Waals surface area contributed by atoms with Crippen LogP contribution in [-0.2, 0) is 0 Å². The fraction of sp³-hybridized carbons (Fsp3) is 0.462. The van der Waals surface area contributed by atoms with Gasteiger partial charge in [-0.25, -0.2) is 0 Å². The van der Waals surface area contributed by atoms with E-state index in [2.05, 4.69) is 20.8 Å². The highest BCUT2D eigenvalue weighted by atomic mass is 79.9. The molecule has 1 aromatic rings. The molecule has 3 nitrogen and oxygen atoms in total. The number of aldehydes is 1. The van der Waals surface area contributed by atoms with E-state index in [9.17, 15) is 4.79 Å². The van der Waals surface area contributed by atoms with Crippen LogP contribution in [0, 0.1) is 6.92 Å². The number of halogens is 1. The summed E-state index contributed by atoms with van der Waals surface area (Å²) < 4.78 is 6.59. The topological polar surface area (TPSA) is 29.5 Å². The quantitative estimate of drug-likeness (QED) is 0.597.